The number of benzene rings is 1. The van der Waals surface area contributed by atoms with E-state index in [1.54, 1.807) is 0 Å². The Morgan fingerprint density at radius 2 is 1.00 bits per heavy atom. The van der Waals surface area contributed by atoms with Gasteiger partial charge in [-0.05, 0) is 31.4 Å². The fourth-order valence-corrected chi connectivity index (χ4v) is 4.41. The highest BCUT2D eigenvalue weighted by molar-refractivity contribution is 5.24. The van der Waals surface area contributed by atoms with Gasteiger partial charge in [0.2, 0.25) is 0 Å². The summed E-state index contributed by atoms with van der Waals surface area (Å²) in [5.41, 5.74) is 1.61. The Labute approximate surface area is 177 Å². The van der Waals surface area contributed by atoms with Crippen molar-refractivity contribution in [2.75, 3.05) is 6.54 Å². The average molecular weight is 388 g/mol. The van der Waals surface area contributed by atoms with E-state index in [0.29, 0.717) is 0 Å². The van der Waals surface area contributed by atoms with E-state index in [0.717, 1.165) is 19.4 Å². The molecule has 0 aliphatic heterocycles. The van der Waals surface area contributed by atoms with E-state index in [9.17, 15) is 0 Å². The molecule has 0 bridgehead atoms. The molecule has 0 radical (unpaired) electrons. The van der Waals surface area contributed by atoms with Crippen molar-refractivity contribution >= 4 is 0 Å². The Hall–Kier alpha value is -0.820. The minimum Gasteiger partial charge on any atom is -0.307 e. The molecule has 1 rings (SSSR count). The number of rotatable bonds is 19. The van der Waals surface area contributed by atoms with Crippen LogP contribution in [-0.4, -0.2) is 6.54 Å². The van der Waals surface area contributed by atoms with Crippen molar-refractivity contribution in [1.82, 2.24) is 5.32 Å². The topological polar surface area (TPSA) is 12.0 Å². The molecule has 0 aliphatic rings. The number of unbranched alkanes of at least 4 members (excludes halogenated alkanes) is 13. The molecule has 0 unspecified atom stereocenters. The monoisotopic (exact) mass is 387 g/mol. The van der Waals surface area contributed by atoms with Crippen LogP contribution in [0.2, 0.25) is 0 Å². The van der Waals surface area contributed by atoms with Crippen LogP contribution in [0.5, 0.6) is 0 Å². The van der Waals surface area contributed by atoms with Gasteiger partial charge >= 0.3 is 0 Å². The quantitative estimate of drug-likeness (QED) is 0.234. The van der Waals surface area contributed by atoms with Gasteiger partial charge in [-0.15, -0.1) is 0 Å². The molecule has 1 aromatic carbocycles. The normalized spacial score (nSPS) is 11.8. The Morgan fingerprint density at radius 3 is 1.43 bits per heavy atom. The van der Waals surface area contributed by atoms with E-state index in [1.165, 1.54) is 95.5 Å². The van der Waals surface area contributed by atoms with Gasteiger partial charge in [0.1, 0.15) is 0 Å². The largest absolute Gasteiger partial charge is 0.307 e. The van der Waals surface area contributed by atoms with Gasteiger partial charge in [0.25, 0.3) is 0 Å². The summed E-state index contributed by atoms with van der Waals surface area (Å²) in [6.45, 7) is 8.07. The third-order valence-corrected chi connectivity index (χ3v) is 6.53. The third kappa shape index (κ3) is 10.6. The summed E-state index contributed by atoms with van der Waals surface area (Å²) in [5.74, 6) is 0. The Bertz CT molecular complexity index is 435. The summed E-state index contributed by atoms with van der Waals surface area (Å²) < 4.78 is 0. The van der Waals surface area contributed by atoms with E-state index in [4.69, 9.17) is 0 Å². The van der Waals surface area contributed by atoms with Crippen molar-refractivity contribution in [3.8, 4) is 0 Å². The van der Waals surface area contributed by atoms with E-state index >= 15 is 0 Å². The molecule has 1 heteroatoms. The predicted octanol–water partition coefficient (Wildman–Crippen LogP) is 8.77. The molecule has 1 N–H and O–H groups in total. The van der Waals surface area contributed by atoms with Crippen molar-refractivity contribution in [3.05, 3.63) is 35.9 Å². The predicted molar refractivity (Wildman–Crippen MR) is 127 cm³/mol. The average Bonchev–Trinajstić information content (AvgIpc) is 2.74. The maximum absolute atomic E-state index is 3.89. The van der Waals surface area contributed by atoms with Crippen LogP contribution in [-0.2, 0) is 5.54 Å². The van der Waals surface area contributed by atoms with Crippen LogP contribution < -0.4 is 5.32 Å². The lowest BCUT2D eigenvalue weighted by Crippen LogP contribution is -2.41. The standard InChI is InChI=1S/C27H49N/c1-4-7-8-9-10-11-12-13-14-15-16-17-18-22-25-28-27(5-2,6-3)26-23-20-19-21-24-26/h19-21,23-24,28H,4-18,22,25H2,1-3H3. The minimum absolute atomic E-state index is 0.164. The highest BCUT2D eigenvalue weighted by Gasteiger charge is 2.26. The summed E-state index contributed by atoms with van der Waals surface area (Å²) in [6, 6.07) is 11.0. The third-order valence-electron chi connectivity index (χ3n) is 6.53. The molecule has 162 valence electrons. The zero-order valence-electron chi connectivity index (χ0n) is 19.4. The Morgan fingerprint density at radius 1 is 0.571 bits per heavy atom. The Kier molecular flexibility index (Phi) is 15.4. The first-order valence-corrected chi connectivity index (χ1v) is 12.6. The molecule has 1 nitrogen and oxygen atoms in total. The minimum atomic E-state index is 0.164. The van der Waals surface area contributed by atoms with Crippen molar-refractivity contribution < 1.29 is 0 Å². The van der Waals surface area contributed by atoms with Gasteiger partial charge in [-0.1, -0.05) is 135 Å². The van der Waals surface area contributed by atoms with Crippen molar-refractivity contribution in [3.63, 3.8) is 0 Å². The molecule has 0 aliphatic carbocycles. The SMILES string of the molecule is CCCCCCCCCCCCCCCCNC(CC)(CC)c1ccccc1. The van der Waals surface area contributed by atoms with Gasteiger partial charge in [-0.3, -0.25) is 0 Å². The molecule has 0 fully saturated rings. The summed E-state index contributed by atoms with van der Waals surface area (Å²) in [7, 11) is 0. The van der Waals surface area contributed by atoms with Gasteiger partial charge < -0.3 is 5.32 Å². The molecule has 1 aromatic rings. The van der Waals surface area contributed by atoms with Crippen LogP contribution in [0.25, 0.3) is 0 Å². The summed E-state index contributed by atoms with van der Waals surface area (Å²) >= 11 is 0. The zero-order chi connectivity index (χ0) is 20.3. The van der Waals surface area contributed by atoms with Crippen LogP contribution in [0.1, 0.15) is 129 Å². The van der Waals surface area contributed by atoms with E-state index in [2.05, 4.69) is 56.4 Å². The van der Waals surface area contributed by atoms with Gasteiger partial charge in [0.15, 0.2) is 0 Å². The second kappa shape index (κ2) is 17.1. The summed E-state index contributed by atoms with van der Waals surface area (Å²) in [5, 5.41) is 3.89. The van der Waals surface area contributed by atoms with E-state index in [-0.39, 0.29) is 5.54 Å². The molecule has 0 amide bonds. The molecule has 0 saturated heterocycles. The smallest absolute Gasteiger partial charge is 0.0429 e. The Balaban J connectivity index is 1.98. The molecule has 0 heterocycles. The fourth-order valence-electron chi connectivity index (χ4n) is 4.41. The number of nitrogens with one attached hydrogen (secondary N) is 1. The maximum Gasteiger partial charge on any atom is 0.0429 e. The van der Waals surface area contributed by atoms with Gasteiger partial charge in [0.05, 0.1) is 0 Å². The molecule has 0 aromatic heterocycles. The second-order valence-electron chi connectivity index (χ2n) is 8.68. The fraction of sp³-hybridized carbons (Fsp3) is 0.778. The summed E-state index contributed by atoms with van der Waals surface area (Å²) in [6.07, 6.45) is 22.3. The molecule has 0 spiro atoms. The molecule has 28 heavy (non-hydrogen) atoms. The lowest BCUT2D eigenvalue weighted by Gasteiger charge is -2.34. The lowest BCUT2D eigenvalue weighted by atomic mass is 9.84. The van der Waals surface area contributed by atoms with Gasteiger partial charge in [-0.25, -0.2) is 0 Å². The molecular weight excluding hydrogens is 338 g/mol. The van der Waals surface area contributed by atoms with Gasteiger partial charge in [-0.2, -0.15) is 0 Å². The van der Waals surface area contributed by atoms with Crippen LogP contribution in [0, 0.1) is 0 Å². The van der Waals surface area contributed by atoms with Crippen LogP contribution in [0.15, 0.2) is 30.3 Å². The lowest BCUT2D eigenvalue weighted by molar-refractivity contribution is 0.305. The highest BCUT2D eigenvalue weighted by atomic mass is 15.0. The number of hydrogen-bond donors (Lipinski definition) is 1. The first kappa shape index (κ1) is 25.2. The highest BCUT2D eigenvalue weighted by Crippen LogP contribution is 2.28. The van der Waals surface area contributed by atoms with Crippen LogP contribution >= 0.6 is 0 Å². The zero-order valence-corrected chi connectivity index (χ0v) is 19.4. The first-order chi connectivity index (χ1) is 13.8. The van der Waals surface area contributed by atoms with Crippen molar-refractivity contribution in [2.24, 2.45) is 0 Å². The second-order valence-corrected chi connectivity index (χ2v) is 8.68. The first-order valence-electron chi connectivity index (χ1n) is 12.6. The van der Waals surface area contributed by atoms with E-state index in [1.807, 2.05) is 0 Å². The maximum atomic E-state index is 3.89. The van der Waals surface area contributed by atoms with Crippen molar-refractivity contribution in [1.29, 1.82) is 0 Å². The summed E-state index contributed by atoms with van der Waals surface area (Å²) in [4.78, 5) is 0. The van der Waals surface area contributed by atoms with Crippen LogP contribution in [0.3, 0.4) is 0 Å². The molecule has 0 saturated carbocycles. The van der Waals surface area contributed by atoms with Crippen LogP contribution in [0.4, 0.5) is 0 Å². The van der Waals surface area contributed by atoms with Gasteiger partial charge in [0, 0.05) is 5.54 Å². The molecular formula is C27H49N. The molecule has 0 atom stereocenters. The van der Waals surface area contributed by atoms with E-state index < -0.39 is 0 Å². The van der Waals surface area contributed by atoms with Crippen molar-refractivity contribution in [2.45, 2.75) is 129 Å². The number of hydrogen-bond acceptors (Lipinski definition) is 1.